The van der Waals surface area contributed by atoms with Crippen molar-refractivity contribution in [3.05, 3.63) is 23.8 Å². The Labute approximate surface area is 121 Å². The van der Waals surface area contributed by atoms with E-state index in [1.54, 1.807) is 18.2 Å². The minimum atomic E-state index is -0.0917. The fraction of sp³-hybridized carbons (Fsp3) is 0.500. The van der Waals surface area contributed by atoms with E-state index < -0.39 is 0 Å². The van der Waals surface area contributed by atoms with Gasteiger partial charge in [0.05, 0.1) is 0 Å². The molecule has 4 nitrogen and oxygen atoms in total. The van der Waals surface area contributed by atoms with Gasteiger partial charge in [-0.15, -0.1) is 0 Å². The minimum Gasteiger partial charge on any atom is -0.486 e. The fourth-order valence-corrected chi connectivity index (χ4v) is 1.85. The van der Waals surface area contributed by atoms with Crippen LogP contribution < -0.4 is 14.8 Å². The van der Waals surface area contributed by atoms with Crippen LogP contribution >= 0.6 is 15.9 Å². The van der Waals surface area contributed by atoms with Crippen LogP contribution in [0.4, 0.5) is 0 Å². The van der Waals surface area contributed by atoms with Gasteiger partial charge in [-0.3, -0.25) is 4.79 Å². The number of nitrogens with one attached hydrogen (secondary N) is 1. The van der Waals surface area contributed by atoms with Crippen molar-refractivity contribution in [3.63, 3.8) is 0 Å². The summed E-state index contributed by atoms with van der Waals surface area (Å²) in [5, 5.41) is 3.77. The first-order valence-electron chi connectivity index (χ1n) is 6.26. The number of carbonyl (C=O) groups excluding carboxylic acids is 1. The summed E-state index contributed by atoms with van der Waals surface area (Å²) in [5.41, 5.74) is 0.623. The monoisotopic (exact) mass is 327 g/mol. The predicted molar refractivity (Wildman–Crippen MR) is 77.3 cm³/mol. The molecule has 0 spiro atoms. The molecule has 0 saturated heterocycles. The second-order valence-corrected chi connectivity index (χ2v) is 5.90. The smallest absolute Gasteiger partial charge is 0.251 e. The SMILES string of the molecule is CC(C)(CBr)CNC(=O)c1ccc2c(c1)OCCO2. The van der Waals surface area contributed by atoms with Gasteiger partial charge in [0.1, 0.15) is 13.2 Å². The number of hydrogen-bond donors (Lipinski definition) is 1. The van der Waals surface area contributed by atoms with Gasteiger partial charge < -0.3 is 14.8 Å². The Kier molecular flexibility index (Phi) is 4.34. The van der Waals surface area contributed by atoms with Crippen LogP contribution in [0, 0.1) is 5.41 Å². The van der Waals surface area contributed by atoms with E-state index in [9.17, 15) is 4.79 Å². The molecule has 1 aromatic rings. The van der Waals surface area contributed by atoms with Gasteiger partial charge in [0.15, 0.2) is 11.5 Å². The summed E-state index contributed by atoms with van der Waals surface area (Å²) in [5.74, 6) is 1.24. The second-order valence-electron chi connectivity index (χ2n) is 5.34. The zero-order valence-electron chi connectivity index (χ0n) is 11.2. The first kappa shape index (κ1) is 14.2. The molecule has 0 fully saturated rings. The lowest BCUT2D eigenvalue weighted by atomic mass is 9.97. The summed E-state index contributed by atoms with van der Waals surface area (Å²) in [7, 11) is 0. The Morgan fingerprint density at radius 1 is 1.32 bits per heavy atom. The number of halogens is 1. The molecule has 1 amide bonds. The van der Waals surface area contributed by atoms with Crippen molar-refractivity contribution >= 4 is 21.8 Å². The molecule has 0 aliphatic carbocycles. The third kappa shape index (κ3) is 3.62. The number of ether oxygens (including phenoxy) is 2. The molecule has 1 aliphatic heterocycles. The van der Waals surface area contributed by atoms with E-state index in [1.807, 2.05) is 0 Å². The van der Waals surface area contributed by atoms with Gasteiger partial charge in [0, 0.05) is 17.4 Å². The maximum Gasteiger partial charge on any atom is 0.251 e. The fourth-order valence-electron chi connectivity index (χ4n) is 1.65. The van der Waals surface area contributed by atoms with Crippen molar-refractivity contribution in [1.82, 2.24) is 5.32 Å². The van der Waals surface area contributed by atoms with E-state index in [0.717, 1.165) is 5.33 Å². The van der Waals surface area contributed by atoms with Gasteiger partial charge in [-0.05, 0) is 23.6 Å². The summed E-state index contributed by atoms with van der Waals surface area (Å²) >= 11 is 3.44. The van der Waals surface area contributed by atoms with Crippen LogP contribution in [0.1, 0.15) is 24.2 Å². The first-order valence-corrected chi connectivity index (χ1v) is 7.38. The molecule has 0 radical (unpaired) electrons. The number of carbonyl (C=O) groups is 1. The lowest BCUT2D eigenvalue weighted by Crippen LogP contribution is -2.34. The average molecular weight is 328 g/mol. The Balaban J connectivity index is 2.03. The molecule has 1 aliphatic rings. The summed E-state index contributed by atoms with van der Waals surface area (Å²) < 4.78 is 10.9. The lowest BCUT2D eigenvalue weighted by Gasteiger charge is -2.22. The molecular formula is C14H18BrNO3. The van der Waals surface area contributed by atoms with E-state index in [-0.39, 0.29) is 11.3 Å². The Morgan fingerprint density at radius 3 is 2.68 bits per heavy atom. The van der Waals surface area contributed by atoms with E-state index in [0.29, 0.717) is 36.8 Å². The lowest BCUT2D eigenvalue weighted by molar-refractivity contribution is 0.0939. The average Bonchev–Trinajstić information content (AvgIpc) is 2.44. The van der Waals surface area contributed by atoms with E-state index in [1.165, 1.54) is 0 Å². The minimum absolute atomic E-state index is 0.0312. The normalized spacial score (nSPS) is 14.1. The molecule has 0 unspecified atom stereocenters. The molecule has 0 bridgehead atoms. The summed E-state index contributed by atoms with van der Waals surface area (Å²) in [6.07, 6.45) is 0. The standard InChI is InChI=1S/C14H18BrNO3/c1-14(2,8-15)9-16-13(17)10-3-4-11-12(7-10)19-6-5-18-11/h3-4,7H,5-6,8-9H2,1-2H3,(H,16,17). The molecule has 1 aromatic carbocycles. The van der Waals surface area contributed by atoms with Crippen LogP contribution in [-0.4, -0.2) is 31.0 Å². The van der Waals surface area contributed by atoms with Crippen molar-refractivity contribution in [2.75, 3.05) is 25.1 Å². The van der Waals surface area contributed by atoms with Crippen LogP contribution in [0.5, 0.6) is 11.5 Å². The van der Waals surface area contributed by atoms with Gasteiger partial charge in [-0.2, -0.15) is 0 Å². The second kappa shape index (κ2) is 5.82. The van der Waals surface area contributed by atoms with Gasteiger partial charge in [-0.1, -0.05) is 29.8 Å². The number of fused-ring (bicyclic) bond motifs is 1. The number of amides is 1. The van der Waals surface area contributed by atoms with Gasteiger partial charge in [0.25, 0.3) is 5.91 Å². The third-order valence-electron chi connectivity index (χ3n) is 2.89. The van der Waals surface area contributed by atoms with Crippen molar-refractivity contribution in [1.29, 1.82) is 0 Å². The van der Waals surface area contributed by atoms with Crippen molar-refractivity contribution in [2.45, 2.75) is 13.8 Å². The number of alkyl halides is 1. The first-order chi connectivity index (χ1) is 9.02. The van der Waals surface area contributed by atoms with Crippen LogP contribution in [0.3, 0.4) is 0 Å². The molecule has 0 aromatic heterocycles. The summed E-state index contributed by atoms with van der Waals surface area (Å²) in [4.78, 5) is 12.1. The molecule has 0 saturated carbocycles. The quantitative estimate of drug-likeness (QED) is 0.865. The largest absolute Gasteiger partial charge is 0.486 e. The molecule has 1 N–H and O–H groups in total. The number of benzene rings is 1. The van der Waals surface area contributed by atoms with Gasteiger partial charge in [-0.25, -0.2) is 0 Å². The van der Waals surface area contributed by atoms with Gasteiger partial charge >= 0.3 is 0 Å². The summed E-state index contributed by atoms with van der Waals surface area (Å²) in [6.45, 7) is 5.87. The zero-order valence-corrected chi connectivity index (χ0v) is 12.7. The van der Waals surface area contributed by atoms with Crippen molar-refractivity contribution in [3.8, 4) is 11.5 Å². The topological polar surface area (TPSA) is 47.6 Å². The highest BCUT2D eigenvalue weighted by Crippen LogP contribution is 2.30. The third-order valence-corrected chi connectivity index (χ3v) is 4.41. The zero-order chi connectivity index (χ0) is 13.9. The van der Waals surface area contributed by atoms with Crippen LogP contribution in [0.15, 0.2) is 18.2 Å². The summed E-state index contributed by atoms with van der Waals surface area (Å²) in [6, 6.07) is 5.26. The Hall–Kier alpha value is -1.23. The molecule has 5 heteroatoms. The molecule has 1 heterocycles. The Morgan fingerprint density at radius 2 is 2.00 bits per heavy atom. The Bertz CT molecular complexity index is 474. The molecule has 2 rings (SSSR count). The van der Waals surface area contributed by atoms with E-state index in [4.69, 9.17) is 9.47 Å². The molecule has 104 valence electrons. The highest BCUT2D eigenvalue weighted by Gasteiger charge is 2.19. The number of rotatable bonds is 4. The van der Waals surface area contributed by atoms with Crippen LogP contribution in [0.25, 0.3) is 0 Å². The van der Waals surface area contributed by atoms with Crippen molar-refractivity contribution < 1.29 is 14.3 Å². The predicted octanol–water partition coefficient (Wildman–Crippen LogP) is 2.61. The van der Waals surface area contributed by atoms with Crippen molar-refractivity contribution in [2.24, 2.45) is 5.41 Å². The van der Waals surface area contributed by atoms with Crippen LogP contribution in [0.2, 0.25) is 0 Å². The number of hydrogen-bond acceptors (Lipinski definition) is 3. The van der Waals surface area contributed by atoms with Gasteiger partial charge in [0.2, 0.25) is 0 Å². The maximum atomic E-state index is 12.1. The molecular weight excluding hydrogens is 310 g/mol. The molecule has 19 heavy (non-hydrogen) atoms. The molecule has 0 atom stereocenters. The maximum absolute atomic E-state index is 12.1. The van der Waals surface area contributed by atoms with Crippen LogP contribution in [-0.2, 0) is 0 Å². The highest BCUT2D eigenvalue weighted by atomic mass is 79.9. The van der Waals surface area contributed by atoms with E-state index >= 15 is 0 Å². The van der Waals surface area contributed by atoms with E-state index in [2.05, 4.69) is 35.1 Å². The highest BCUT2D eigenvalue weighted by molar-refractivity contribution is 9.09.